The second kappa shape index (κ2) is 13.4. The minimum Gasteiger partial charge on any atom is -0.458 e. The van der Waals surface area contributed by atoms with Gasteiger partial charge in [0.25, 0.3) is 0 Å². The summed E-state index contributed by atoms with van der Waals surface area (Å²) in [4.78, 5) is 39.1. The molecule has 0 saturated heterocycles. The minimum atomic E-state index is -1.93. The van der Waals surface area contributed by atoms with Crippen LogP contribution in [0.2, 0.25) is 0 Å². The second-order valence-corrected chi connectivity index (χ2v) is 14.7. The van der Waals surface area contributed by atoms with Gasteiger partial charge in [0.1, 0.15) is 11.7 Å². The van der Waals surface area contributed by atoms with Gasteiger partial charge in [-0.1, -0.05) is 104 Å². The number of fused-ring (bicyclic) bond motifs is 5. The Morgan fingerprint density at radius 1 is 0.955 bits per heavy atom. The third-order valence-corrected chi connectivity index (χ3v) is 11.5. The monoisotopic (exact) mass is 616 g/mol. The van der Waals surface area contributed by atoms with E-state index in [1.807, 2.05) is 13.8 Å². The molecular formula is C36H56O8. The van der Waals surface area contributed by atoms with E-state index < -0.39 is 69.7 Å². The van der Waals surface area contributed by atoms with Gasteiger partial charge in [0.2, 0.25) is 0 Å². The van der Waals surface area contributed by atoms with Crippen LogP contribution >= 0.6 is 0 Å². The number of carbonyl (C=O) groups is 3. The molecule has 248 valence electrons. The first-order valence-corrected chi connectivity index (χ1v) is 17.1. The number of rotatable bonds is 15. The molecule has 8 heteroatoms. The number of aliphatic hydroxyl groups excluding tert-OH is 1. The van der Waals surface area contributed by atoms with Gasteiger partial charge in [-0.2, -0.15) is 0 Å². The van der Waals surface area contributed by atoms with Crippen LogP contribution in [0, 0.1) is 29.1 Å². The summed E-state index contributed by atoms with van der Waals surface area (Å²) in [5.41, 5.74) is -4.71. The van der Waals surface area contributed by atoms with Gasteiger partial charge in [-0.05, 0) is 24.5 Å². The number of unbranched alkanes of at least 4 members (excludes halogenated alkanes) is 10. The van der Waals surface area contributed by atoms with Gasteiger partial charge in [0, 0.05) is 48.9 Å². The van der Waals surface area contributed by atoms with Crippen molar-refractivity contribution in [2.75, 3.05) is 6.61 Å². The molecule has 0 radical (unpaired) electrons. The predicted molar refractivity (Wildman–Crippen MR) is 167 cm³/mol. The molecule has 4 rings (SSSR count). The highest BCUT2D eigenvalue weighted by atomic mass is 16.6. The van der Waals surface area contributed by atoms with Crippen LogP contribution in [-0.4, -0.2) is 62.6 Å². The smallest absolute Gasteiger partial charge is 0.306 e. The summed E-state index contributed by atoms with van der Waals surface area (Å²) in [6.07, 6.45) is 15.4. The molecule has 0 aromatic rings. The first-order valence-electron chi connectivity index (χ1n) is 17.1. The summed E-state index contributed by atoms with van der Waals surface area (Å²) < 4.78 is 12.3. The Hall–Kier alpha value is -2.03. The summed E-state index contributed by atoms with van der Waals surface area (Å²) in [6.45, 7) is 10.4. The highest BCUT2D eigenvalue weighted by molar-refractivity contribution is 6.04. The summed E-state index contributed by atoms with van der Waals surface area (Å²) >= 11 is 0. The first-order chi connectivity index (χ1) is 20.7. The Morgan fingerprint density at radius 3 is 2.07 bits per heavy atom. The van der Waals surface area contributed by atoms with Crippen molar-refractivity contribution in [3.05, 3.63) is 23.3 Å². The zero-order valence-electron chi connectivity index (χ0n) is 27.8. The van der Waals surface area contributed by atoms with Crippen LogP contribution in [0.25, 0.3) is 0 Å². The summed E-state index contributed by atoms with van der Waals surface area (Å²) in [5, 5.41) is 34.8. The van der Waals surface area contributed by atoms with Gasteiger partial charge in [0.15, 0.2) is 11.4 Å². The van der Waals surface area contributed by atoms with E-state index in [4.69, 9.17) is 9.47 Å². The first kappa shape index (κ1) is 34.8. The lowest BCUT2D eigenvalue weighted by atomic mass is 9.59. The maximum absolute atomic E-state index is 13.3. The molecule has 3 N–H and O–H groups in total. The molecule has 8 atom stereocenters. The summed E-state index contributed by atoms with van der Waals surface area (Å²) in [5.74, 6) is -4.29. The lowest BCUT2D eigenvalue weighted by Crippen LogP contribution is -2.66. The lowest BCUT2D eigenvalue weighted by molar-refractivity contribution is -0.228. The number of Topliss-reactive ketones (excluding diaryl/α,β-unsaturated/α-hetero) is 1. The van der Waals surface area contributed by atoms with E-state index in [0.717, 1.165) is 19.3 Å². The number of aliphatic hydroxyl groups is 3. The van der Waals surface area contributed by atoms with Gasteiger partial charge in [0.05, 0.1) is 12.2 Å². The fraction of sp³-hybridized carbons (Fsp3) is 0.806. The zero-order chi connectivity index (χ0) is 32.5. The van der Waals surface area contributed by atoms with Crippen LogP contribution in [0.15, 0.2) is 23.3 Å². The summed E-state index contributed by atoms with van der Waals surface area (Å²) in [6, 6.07) is 0. The van der Waals surface area contributed by atoms with Crippen LogP contribution in [0.4, 0.5) is 0 Å². The maximum Gasteiger partial charge on any atom is 0.306 e. The van der Waals surface area contributed by atoms with Gasteiger partial charge in [-0.25, -0.2) is 0 Å². The van der Waals surface area contributed by atoms with E-state index in [2.05, 4.69) is 6.92 Å². The van der Waals surface area contributed by atoms with Crippen LogP contribution in [-0.2, 0) is 23.9 Å². The Kier molecular flexibility index (Phi) is 10.6. The Labute approximate surface area is 263 Å². The van der Waals surface area contributed by atoms with E-state index in [9.17, 15) is 29.7 Å². The van der Waals surface area contributed by atoms with E-state index >= 15 is 0 Å². The van der Waals surface area contributed by atoms with E-state index in [1.165, 1.54) is 51.9 Å². The van der Waals surface area contributed by atoms with Gasteiger partial charge >= 0.3 is 11.9 Å². The topological polar surface area (TPSA) is 130 Å². The number of ether oxygens (including phenoxy) is 2. The number of carbonyl (C=O) groups excluding carboxylic acids is 3. The lowest BCUT2D eigenvalue weighted by Gasteiger charge is -2.53. The fourth-order valence-electron chi connectivity index (χ4n) is 9.20. The Bertz CT molecular complexity index is 1150. The Balaban J connectivity index is 1.51. The number of hydrogen-bond acceptors (Lipinski definition) is 8. The molecule has 4 aliphatic rings. The largest absolute Gasteiger partial charge is 0.458 e. The SMILES string of the molecule is CCCCCCCCCCCCCC(=O)O[C@@H]1[C@@H](C)[C@@]2(O)[C@@H](C=C(CO)C[C@@]3(O)C(=O)C(C)=C[C@@H]23)C2C(C)(C)[C@@]21OC(C)=O. The third-order valence-electron chi connectivity index (χ3n) is 11.5. The normalized spacial score (nSPS) is 36.8. The van der Waals surface area contributed by atoms with E-state index in [1.54, 1.807) is 26.0 Å². The minimum absolute atomic E-state index is 0.108. The molecule has 0 aliphatic heterocycles. The average molecular weight is 617 g/mol. The quantitative estimate of drug-likeness (QED) is 0.120. The zero-order valence-corrected chi connectivity index (χ0v) is 27.8. The number of hydrogen-bond donors (Lipinski definition) is 3. The van der Waals surface area contributed by atoms with Crippen molar-refractivity contribution in [3.63, 3.8) is 0 Å². The van der Waals surface area contributed by atoms with Crippen molar-refractivity contribution in [1.82, 2.24) is 0 Å². The maximum atomic E-state index is 13.3. The van der Waals surface area contributed by atoms with Crippen molar-refractivity contribution in [3.8, 4) is 0 Å². The molecule has 0 heterocycles. The van der Waals surface area contributed by atoms with Crippen LogP contribution in [0.1, 0.15) is 125 Å². The second-order valence-electron chi connectivity index (χ2n) is 14.7. The molecule has 1 unspecified atom stereocenters. The standard InChI is InChI=1S/C36H56O8/c1-7-8-9-10-11-12-13-14-15-16-17-18-29(39)43-32-24(3)35(42)27(30-33(5,6)36(30,32)44-25(4)38)20-26(22-37)21-34(41)28(35)19-23(2)31(34)40/h19-20,24,27-28,30,32,37,41-42H,7-18,21-22H2,1-6H3/t24-,27+,28-,30?,32-,34+,35-,36-/m1/s1. The fourth-order valence-corrected chi connectivity index (χ4v) is 9.20. The van der Waals surface area contributed by atoms with Crippen molar-refractivity contribution < 1.29 is 39.2 Å². The van der Waals surface area contributed by atoms with E-state index in [0.29, 0.717) is 17.6 Å². The molecule has 0 amide bonds. The van der Waals surface area contributed by atoms with Gasteiger partial charge in [-0.3, -0.25) is 14.4 Å². The molecule has 0 aromatic carbocycles. The van der Waals surface area contributed by atoms with Crippen molar-refractivity contribution in [1.29, 1.82) is 0 Å². The van der Waals surface area contributed by atoms with Crippen LogP contribution in [0.3, 0.4) is 0 Å². The van der Waals surface area contributed by atoms with Crippen LogP contribution in [0.5, 0.6) is 0 Å². The van der Waals surface area contributed by atoms with Gasteiger partial charge < -0.3 is 24.8 Å². The average Bonchev–Trinajstić information content (AvgIpc) is 3.38. The molecule has 4 aliphatic carbocycles. The number of ketones is 1. The molecule has 2 fully saturated rings. The predicted octanol–water partition coefficient (Wildman–Crippen LogP) is 5.75. The van der Waals surface area contributed by atoms with Crippen molar-refractivity contribution in [2.24, 2.45) is 29.1 Å². The van der Waals surface area contributed by atoms with Crippen molar-refractivity contribution >= 4 is 17.7 Å². The molecule has 0 spiro atoms. The van der Waals surface area contributed by atoms with Gasteiger partial charge in [-0.15, -0.1) is 0 Å². The van der Waals surface area contributed by atoms with E-state index in [-0.39, 0.29) is 19.4 Å². The summed E-state index contributed by atoms with van der Waals surface area (Å²) in [7, 11) is 0. The molecule has 8 nitrogen and oxygen atoms in total. The van der Waals surface area contributed by atoms with Crippen LogP contribution < -0.4 is 0 Å². The molecule has 0 aromatic heterocycles. The van der Waals surface area contributed by atoms with Crippen molar-refractivity contribution in [2.45, 2.75) is 148 Å². The molecule has 2 saturated carbocycles. The molecular weight excluding hydrogens is 560 g/mol. The Morgan fingerprint density at radius 2 is 1.52 bits per heavy atom. The third kappa shape index (κ3) is 5.84. The highest BCUT2D eigenvalue weighted by Gasteiger charge is 2.87. The molecule has 44 heavy (non-hydrogen) atoms. The highest BCUT2D eigenvalue weighted by Crippen LogP contribution is 2.77. The molecule has 0 bridgehead atoms. The number of esters is 2.